The Kier molecular flexibility index (Phi) is 5.81. The molecule has 0 heterocycles. The van der Waals surface area contributed by atoms with Gasteiger partial charge in [-0.15, -0.1) is 0 Å². The van der Waals surface area contributed by atoms with Crippen molar-refractivity contribution < 1.29 is 13.2 Å². The summed E-state index contributed by atoms with van der Waals surface area (Å²) in [5.74, 6) is -0.250. The molecule has 0 aromatic heterocycles. The molecule has 1 amide bonds. The summed E-state index contributed by atoms with van der Waals surface area (Å²) in [6.45, 7) is 1.93. The summed E-state index contributed by atoms with van der Waals surface area (Å²) in [7, 11) is -3.69. The van der Waals surface area contributed by atoms with Gasteiger partial charge in [-0.1, -0.05) is 17.7 Å². The maximum atomic E-state index is 12.5. The molecule has 0 atom stereocenters. The largest absolute Gasteiger partial charge is 0.322 e. The molecule has 0 saturated heterocycles. The minimum atomic E-state index is -3.69. The number of carbonyl (C=O) groups is 1. The van der Waals surface area contributed by atoms with Crippen LogP contribution in [0.5, 0.6) is 0 Å². The number of nitrogens with one attached hydrogen (secondary N) is 2. The van der Waals surface area contributed by atoms with Gasteiger partial charge in [0.25, 0.3) is 15.9 Å². The van der Waals surface area contributed by atoms with Crippen LogP contribution < -0.4 is 10.0 Å². The van der Waals surface area contributed by atoms with Crippen LogP contribution in [0.15, 0.2) is 77.7 Å². The van der Waals surface area contributed by atoms with E-state index in [1.165, 1.54) is 12.1 Å². The maximum absolute atomic E-state index is 12.5. The number of carbonyl (C=O) groups excluding carboxylic acids is 1. The molecule has 3 aromatic carbocycles. The second kappa shape index (κ2) is 8.10. The zero-order valence-electron chi connectivity index (χ0n) is 14.4. The van der Waals surface area contributed by atoms with E-state index in [1.807, 2.05) is 31.2 Å². The Morgan fingerprint density at radius 1 is 0.815 bits per heavy atom. The summed E-state index contributed by atoms with van der Waals surface area (Å²) in [4.78, 5) is 12.4. The fraction of sp³-hybridized carbons (Fsp3) is 0.0500. The molecule has 0 bridgehead atoms. The Morgan fingerprint density at radius 3 is 1.96 bits per heavy atom. The van der Waals surface area contributed by atoms with Gasteiger partial charge in [0.15, 0.2) is 0 Å². The molecule has 0 radical (unpaired) electrons. The molecule has 3 rings (SSSR count). The highest BCUT2D eigenvalue weighted by Crippen LogP contribution is 2.19. The molecular formula is C20H17IN2O3S. The molecule has 0 aliphatic heterocycles. The zero-order valence-corrected chi connectivity index (χ0v) is 17.4. The monoisotopic (exact) mass is 492 g/mol. The van der Waals surface area contributed by atoms with Crippen LogP contribution in [0.2, 0.25) is 0 Å². The van der Waals surface area contributed by atoms with Crippen molar-refractivity contribution in [3.05, 3.63) is 87.5 Å². The number of sulfonamides is 1. The summed E-state index contributed by atoms with van der Waals surface area (Å²) in [6.07, 6.45) is 0. The minimum absolute atomic E-state index is 0.121. The number of halogens is 1. The normalized spacial score (nSPS) is 11.0. The number of amides is 1. The molecule has 27 heavy (non-hydrogen) atoms. The Balaban J connectivity index is 1.71. The Morgan fingerprint density at radius 2 is 1.37 bits per heavy atom. The molecular weight excluding hydrogens is 475 g/mol. The van der Waals surface area contributed by atoms with Crippen molar-refractivity contribution in [2.75, 3.05) is 10.0 Å². The third-order valence-electron chi connectivity index (χ3n) is 3.83. The second-order valence-electron chi connectivity index (χ2n) is 5.96. The number of aryl methyl sites for hydroxylation is 1. The molecule has 0 fully saturated rings. The summed E-state index contributed by atoms with van der Waals surface area (Å²) in [5.41, 5.74) is 2.60. The standard InChI is InChI=1S/C20H17IN2O3S/c1-14-2-8-18(9-3-14)23-27(25,26)19-12-10-17(11-13-19)22-20(24)15-4-6-16(21)7-5-15/h2-13,23H,1H3,(H,22,24). The molecule has 2 N–H and O–H groups in total. The van der Waals surface area contributed by atoms with E-state index in [0.29, 0.717) is 16.9 Å². The van der Waals surface area contributed by atoms with Gasteiger partial charge in [-0.05, 0) is 90.2 Å². The van der Waals surface area contributed by atoms with Crippen LogP contribution in [0.1, 0.15) is 15.9 Å². The van der Waals surface area contributed by atoms with Crippen molar-refractivity contribution in [3.63, 3.8) is 0 Å². The van der Waals surface area contributed by atoms with Crippen LogP contribution in [0, 0.1) is 10.5 Å². The summed E-state index contributed by atoms with van der Waals surface area (Å²) in [5, 5.41) is 2.76. The van der Waals surface area contributed by atoms with Crippen molar-refractivity contribution >= 4 is 49.9 Å². The Bertz CT molecular complexity index is 1050. The lowest BCUT2D eigenvalue weighted by molar-refractivity contribution is 0.102. The van der Waals surface area contributed by atoms with Gasteiger partial charge in [-0.25, -0.2) is 8.42 Å². The number of anilines is 2. The lowest BCUT2D eigenvalue weighted by atomic mass is 10.2. The molecule has 138 valence electrons. The quantitative estimate of drug-likeness (QED) is 0.510. The summed E-state index contributed by atoms with van der Waals surface area (Å²) < 4.78 is 28.5. The molecule has 0 spiro atoms. The highest BCUT2D eigenvalue weighted by molar-refractivity contribution is 14.1. The fourth-order valence-corrected chi connectivity index (χ4v) is 3.78. The number of hydrogen-bond acceptors (Lipinski definition) is 3. The van der Waals surface area contributed by atoms with E-state index >= 15 is 0 Å². The third kappa shape index (κ3) is 5.08. The van der Waals surface area contributed by atoms with E-state index in [4.69, 9.17) is 0 Å². The van der Waals surface area contributed by atoms with E-state index in [9.17, 15) is 13.2 Å². The summed E-state index contributed by atoms with van der Waals surface area (Å²) >= 11 is 2.17. The summed E-state index contributed by atoms with van der Waals surface area (Å²) in [6, 6.07) is 20.3. The molecule has 0 aliphatic carbocycles. The highest BCUT2D eigenvalue weighted by Gasteiger charge is 2.14. The van der Waals surface area contributed by atoms with E-state index in [2.05, 4.69) is 32.6 Å². The van der Waals surface area contributed by atoms with Crippen LogP contribution >= 0.6 is 22.6 Å². The molecule has 5 nitrogen and oxygen atoms in total. The molecule has 7 heteroatoms. The topological polar surface area (TPSA) is 75.3 Å². The van der Waals surface area contributed by atoms with Gasteiger partial charge in [0.05, 0.1) is 4.90 Å². The second-order valence-corrected chi connectivity index (χ2v) is 8.88. The van der Waals surface area contributed by atoms with Crippen molar-refractivity contribution in [2.45, 2.75) is 11.8 Å². The van der Waals surface area contributed by atoms with Crippen LogP contribution in [0.3, 0.4) is 0 Å². The van der Waals surface area contributed by atoms with Crippen molar-refractivity contribution in [1.29, 1.82) is 0 Å². The van der Waals surface area contributed by atoms with E-state index in [-0.39, 0.29) is 10.8 Å². The van der Waals surface area contributed by atoms with Crippen LogP contribution in [-0.2, 0) is 10.0 Å². The van der Waals surface area contributed by atoms with Gasteiger partial charge >= 0.3 is 0 Å². The number of hydrogen-bond donors (Lipinski definition) is 2. The molecule has 0 aliphatic rings. The highest BCUT2D eigenvalue weighted by atomic mass is 127. The maximum Gasteiger partial charge on any atom is 0.261 e. The molecule has 3 aromatic rings. The molecule has 0 unspecified atom stereocenters. The predicted octanol–water partition coefficient (Wildman–Crippen LogP) is 4.65. The van der Waals surface area contributed by atoms with Gasteiger partial charge in [-0.2, -0.15) is 0 Å². The van der Waals surface area contributed by atoms with Gasteiger partial charge in [0, 0.05) is 20.5 Å². The van der Waals surface area contributed by atoms with E-state index < -0.39 is 10.0 Å². The number of rotatable bonds is 5. The molecule has 0 saturated carbocycles. The van der Waals surface area contributed by atoms with Crippen molar-refractivity contribution in [1.82, 2.24) is 0 Å². The first-order valence-corrected chi connectivity index (χ1v) is 10.7. The van der Waals surface area contributed by atoms with Crippen LogP contribution in [0.25, 0.3) is 0 Å². The van der Waals surface area contributed by atoms with Crippen molar-refractivity contribution in [3.8, 4) is 0 Å². The first-order valence-electron chi connectivity index (χ1n) is 8.10. The lowest BCUT2D eigenvalue weighted by Crippen LogP contribution is -2.14. The first-order chi connectivity index (χ1) is 12.8. The van der Waals surface area contributed by atoms with Gasteiger partial charge < -0.3 is 5.32 Å². The van der Waals surface area contributed by atoms with Gasteiger partial charge in [0.1, 0.15) is 0 Å². The number of benzene rings is 3. The van der Waals surface area contributed by atoms with E-state index in [0.717, 1.165) is 9.13 Å². The third-order valence-corrected chi connectivity index (χ3v) is 5.95. The zero-order chi connectivity index (χ0) is 19.4. The van der Waals surface area contributed by atoms with Crippen LogP contribution in [-0.4, -0.2) is 14.3 Å². The minimum Gasteiger partial charge on any atom is -0.322 e. The SMILES string of the molecule is Cc1ccc(NS(=O)(=O)c2ccc(NC(=O)c3ccc(I)cc3)cc2)cc1. The smallest absolute Gasteiger partial charge is 0.261 e. The first kappa shape index (κ1) is 19.4. The van der Waals surface area contributed by atoms with Crippen molar-refractivity contribution in [2.24, 2.45) is 0 Å². The average Bonchev–Trinajstić information content (AvgIpc) is 2.64. The Labute approximate surface area is 172 Å². The van der Waals surface area contributed by atoms with E-state index in [1.54, 1.807) is 36.4 Å². The predicted molar refractivity (Wildman–Crippen MR) is 116 cm³/mol. The Hall–Kier alpha value is -2.39. The lowest BCUT2D eigenvalue weighted by Gasteiger charge is -2.10. The fourth-order valence-electron chi connectivity index (χ4n) is 2.36. The van der Waals surface area contributed by atoms with Crippen LogP contribution in [0.4, 0.5) is 11.4 Å². The van der Waals surface area contributed by atoms with Gasteiger partial charge in [-0.3, -0.25) is 9.52 Å². The van der Waals surface area contributed by atoms with Gasteiger partial charge in [0.2, 0.25) is 0 Å². The average molecular weight is 492 g/mol.